The van der Waals surface area contributed by atoms with Crippen molar-refractivity contribution in [1.29, 1.82) is 0 Å². The highest BCUT2D eigenvalue weighted by molar-refractivity contribution is 14.1. The molecule has 0 atom stereocenters. The molecule has 3 aromatic rings. The van der Waals surface area contributed by atoms with Crippen molar-refractivity contribution in [1.82, 2.24) is 9.97 Å². The molecule has 152 valence electrons. The molecule has 0 amide bonds. The second-order valence-corrected chi connectivity index (χ2v) is 8.14. The Morgan fingerprint density at radius 2 is 1.69 bits per heavy atom. The van der Waals surface area contributed by atoms with Gasteiger partial charge in [-0.1, -0.05) is 38.1 Å². The molecule has 0 aliphatic carbocycles. The van der Waals surface area contributed by atoms with Crippen LogP contribution in [0.2, 0.25) is 0 Å². The fourth-order valence-corrected chi connectivity index (χ4v) is 3.28. The Balaban J connectivity index is 1.87. The first-order valence-corrected chi connectivity index (χ1v) is 10.1. The zero-order chi connectivity index (χ0) is 21.0. The lowest BCUT2D eigenvalue weighted by molar-refractivity contribution is -0.137. The Kier molecular flexibility index (Phi) is 6.61. The van der Waals surface area contributed by atoms with Crippen LogP contribution in [0.25, 0.3) is 0 Å². The molecule has 0 unspecified atom stereocenters. The largest absolute Gasteiger partial charge is 0.421 e. The van der Waals surface area contributed by atoms with Crippen LogP contribution >= 0.6 is 22.6 Å². The number of rotatable bonds is 6. The van der Waals surface area contributed by atoms with Crippen molar-refractivity contribution in [3.05, 3.63) is 69.4 Å². The number of alkyl halides is 3. The molecule has 4 nitrogen and oxygen atoms in total. The quantitative estimate of drug-likeness (QED) is 0.358. The molecule has 2 N–H and O–H groups in total. The number of nitrogens with zero attached hydrogens (tertiary/aromatic N) is 2. The third-order valence-corrected chi connectivity index (χ3v) is 5.02. The monoisotopic (exact) mass is 512 g/mol. The van der Waals surface area contributed by atoms with Gasteiger partial charge in [-0.3, -0.25) is 0 Å². The minimum atomic E-state index is -4.57. The smallest absolute Gasteiger partial charge is 0.339 e. The molecule has 0 spiro atoms. The molecular weight excluding hydrogens is 492 g/mol. The molecule has 0 aliphatic heterocycles. The second-order valence-electron chi connectivity index (χ2n) is 6.98. The van der Waals surface area contributed by atoms with E-state index in [1.807, 2.05) is 30.3 Å². The first-order chi connectivity index (χ1) is 13.7. The molecule has 0 saturated carbocycles. The number of hydrogen-bond acceptors (Lipinski definition) is 4. The molecular formula is C21H20F3IN4. The SMILES string of the molecule is CC(C)Cc1ccc(Nc2ncc(C(F)(F)F)c(Nc3ccccc3I)n2)cc1. The molecule has 1 aromatic heterocycles. The van der Waals surface area contributed by atoms with Crippen LogP contribution in [0.5, 0.6) is 0 Å². The first-order valence-electron chi connectivity index (χ1n) is 9.04. The molecule has 8 heteroatoms. The number of anilines is 4. The van der Waals surface area contributed by atoms with Gasteiger partial charge >= 0.3 is 6.18 Å². The van der Waals surface area contributed by atoms with E-state index in [2.05, 4.69) is 57.0 Å². The van der Waals surface area contributed by atoms with Crippen LogP contribution in [0.3, 0.4) is 0 Å². The van der Waals surface area contributed by atoms with E-state index >= 15 is 0 Å². The molecule has 3 rings (SSSR count). The minimum Gasteiger partial charge on any atom is -0.339 e. The van der Waals surface area contributed by atoms with E-state index in [4.69, 9.17) is 0 Å². The van der Waals surface area contributed by atoms with Gasteiger partial charge < -0.3 is 10.6 Å². The fraction of sp³-hybridized carbons (Fsp3) is 0.238. The highest BCUT2D eigenvalue weighted by Gasteiger charge is 2.35. The standard InChI is InChI=1S/C21H20F3IN4/c1-13(2)11-14-7-9-15(10-8-14)27-20-26-12-16(21(22,23)24)19(29-20)28-18-6-4-3-5-17(18)25/h3-10,12-13H,11H2,1-2H3,(H2,26,27,28,29). The van der Waals surface area contributed by atoms with E-state index in [1.165, 1.54) is 5.56 Å². The van der Waals surface area contributed by atoms with Crippen molar-refractivity contribution in [3.63, 3.8) is 0 Å². The molecule has 0 radical (unpaired) electrons. The van der Waals surface area contributed by atoms with Gasteiger partial charge in [0.2, 0.25) is 5.95 Å². The predicted octanol–water partition coefficient (Wildman–Crippen LogP) is 6.79. The van der Waals surface area contributed by atoms with Crippen molar-refractivity contribution in [2.75, 3.05) is 10.6 Å². The highest BCUT2D eigenvalue weighted by Crippen LogP contribution is 2.36. The average Bonchev–Trinajstić information content (AvgIpc) is 2.64. The van der Waals surface area contributed by atoms with E-state index < -0.39 is 11.7 Å². The minimum absolute atomic E-state index is 0.0862. The summed E-state index contributed by atoms with van der Waals surface area (Å²) in [6.07, 6.45) is -2.82. The summed E-state index contributed by atoms with van der Waals surface area (Å²) in [5.41, 5.74) is 1.52. The Hall–Kier alpha value is -2.36. The van der Waals surface area contributed by atoms with E-state index in [0.29, 0.717) is 17.3 Å². The summed E-state index contributed by atoms with van der Waals surface area (Å²) >= 11 is 2.06. The molecule has 0 saturated heterocycles. The fourth-order valence-electron chi connectivity index (χ4n) is 2.76. The van der Waals surface area contributed by atoms with Crippen molar-refractivity contribution in [2.24, 2.45) is 5.92 Å². The van der Waals surface area contributed by atoms with Crippen molar-refractivity contribution in [3.8, 4) is 0 Å². The maximum absolute atomic E-state index is 13.4. The highest BCUT2D eigenvalue weighted by atomic mass is 127. The average molecular weight is 512 g/mol. The molecule has 0 bridgehead atoms. The first kappa shape index (κ1) is 21.4. The van der Waals surface area contributed by atoms with E-state index in [-0.39, 0.29) is 11.8 Å². The predicted molar refractivity (Wildman–Crippen MR) is 118 cm³/mol. The lowest BCUT2D eigenvalue weighted by atomic mass is 10.0. The Bertz CT molecular complexity index is 972. The third kappa shape index (κ3) is 5.81. The Morgan fingerprint density at radius 1 is 1.00 bits per heavy atom. The summed E-state index contributed by atoms with van der Waals surface area (Å²) in [6.45, 7) is 4.29. The molecule has 1 heterocycles. The van der Waals surface area contributed by atoms with Gasteiger partial charge in [0.25, 0.3) is 0 Å². The van der Waals surface area contributed by atoms with Crippen LogP contribution in [0.15, 0.2) is 54.7 Å². The van der Waals surface area contributed by atoms with Crippen LogP contribution in [-0.4, -0.2) is 9.97 Å². The molecule has 0 fully saturated rings. The number of benzene rings is 2. The summed E-state index contributed by atoms with van der Waals surface area (Å²) in [4.78, 5) is 7.94. The maximum atomic E-state index is 13.4. The lowest BCUT2D eigenvalue weighted by Crippen LogP contribution is -2.13. The molecule has 0 aliphatic rings. The number of hydrogen-bond donors (Lipinski definition) is 2. The van der Waals surface area contributed by atoms with Gasteiger partial charge in [-0.2, -0.15) is 18.2 Å². The lowest BCUT2D eigenvalue weighted by Gasteiger charge is -2.15. The van der Waals surface area contributed by atoms with Crippen LogP contribution in [0, 0.1) is 9.49 Å². The van der Waals surface area contributed by atoms with Gasteiger partial charge in [-0.15, -0.1) is 0 Å². The zero-order valence-electron chi connectivity index (χ0n) is 15.9. The summed E-state index contributed by atoms with van der Waals surface area (Å²) in [5.74, 6) is 0.333. The summed E-state index contributed by atoms with van der Waals surface area (Å²) in [5, 5.41) is 5.76. The van der Waals surface area contributed by atoms with Gasteiger partial charge in [0.05, 0.1) is 5.69 Å². The van der Waals surface area contributed by atoms with E-state index in [1.54, 1.807) is 18.2 Å². The normalized spacial score (nSPS) is 11.6. The summed E-state index contributed by atoms with van der Waals surface area (Å²) in [7, 11) is 0. The maximum Gasteiger partial charge on any atom is 0.421 e. The molecule has 29 heavy (non-hydrogen) atoms. The number of halogens is 4. The van der Waals surface area contributed by atoms with Crippen molar-refractivity contribution in [2.45, 2.75) is 26.4 Å². The van der Waals surface area contributed by atoms with Crippen LogP contribution in [-0.2, 0) is 12.6 Å². The third-order valence-electron chi connectivity index (χ3n) is 4.08. The van der Waals surface area contributed by atoms with Gasteiger partial charge in [-0.25, -0.2) is 4.98 Å². The van der Waals surface area contributed by atoms with Crippen molar-refractivity contribution < 1.29 is 13.2 Å². The topological polar surface area (TPSA) is 49.8 Å². The number of para-hydroxylation sites is 1. The van der Waals surface area contributed by atoms with E-state index in [0.717, 1.165) is 16.2 Å². The van der Waals surface area contributed by atoms with Gasteiger partial charge in [-0.05, 0) is 64.8 Å². The summed E-state index contributed by atoms with van der Waals surface area (Å²) in [6, 6.07) is 14.8. The van der Waals surface area contributed by atoms with Crippen LogP contribution in [0.4, 0.5) is 36.3 Å². The van der Waals surface area contributed by atoms with Crippen molar-refractivity contribution >= 4 is 45.7 Å². The van der Waals surface area contributed by atoms with Gasteiger partial charge in [0.1, 0.15) is 11.4 Å². The Labute approximate surface area is 181 Å². The molecule has 2 aromatic carbocycles. The Morgan fingerprint density at radius 3 is 2.31 bits per heavy atom. The van der Waals surface area contributed by atoms with Gasteiger partial charge in [0.15, 0.2) is 0 Å². The van der Waals surface area contributed by atoms with Crippen LogP contribution < -0.4 is 10.6 Å². The summed E-state index contributed by atoms with van der Waals surface area (Å²) < 4.78 is 41.0. The van der Waals surface area contributed by atoms with E-state index in [9.17, 15) is 13.2 Å². The zero-order valence-corrected chi connectivity index (χ0v) is 18.0. The number of aromatic nitrogens is 2. The number of nitrogens with one attached hydrogen (secondary N) is 2. The second kappa shape index (κ2) is 8.98. The van der Waals surface area contributed by atoms with Gasteiger partial charge in [0, 0.05) is 15.5 Å². The van der Waals surface area contributed by atoms with Crippen LogP contribution in [0.1, 0.15) is 25.0 Å².